The summed E-state index contributed by atoms with van der Waals surface area (Å²) in [6.45, 7) is 5.17. The Labute approximate surface area is 120 Å². The highest BCUT2D eigenvalue weighted by Gasteiger charge is 2.05. The van der Waals surface area contributed by atoms with Crippen LogP contribution in [0.4, 0.5) is 5.69 Å². The molecule has 2 rings (SSSR count). The van der Waals surface area contributed by atoms with E-state index in [1.165, 1.54) is 5.56 Å². The molecule has 0 atom stereocenters. The first kappa shape index (κ1) is 14.4. The van der Waals surface area contributed by atoms with Gasteiger partial charge < -0.3 is 15.2 Å². The molecule has 2 aromatic carbocycles. The van der Waals surface area contributed by atoms with E-state index < -0.39 is 0 Å². The van der Waals surface area contributed by atoms with E-state index >= 15 is 0 Å². The second-order valence-electron chi connectivity index (χ2n) is 5.01. The minimum atomic E-state index is 0.364. The first-order valence-corrected chi connectivity index (χ1v) is 6.71. The zero-order valence-corrected chi connectivity index (χ0v) is 12.2. The number of phenolic OH excluding ortho intramolecular Hbond substituents is 1. The first-order valence-electron chi connectivity index (χ1n) is 6.71. The summed E-state index contributed by atoms with van der Waals surface area (Å²) in [6, 6.07) is 12.2. The predicted octanol–water partition coefficient (Wildman–Crippen LogP) is 3.77. The van der Waals surface area contributed by atoms with Crippen molar-refractivity contribution in [1.82, 2.24) is 0 Å². The van der Waals surface area contributed by atoms with E-state index in [9.17, 15) is 5.11 Å². The molecule has 0 aliphatic rings. The molecule has 0 bridgehead atoms. The monoisotopic (exact) mass is 271 g/mol. The van der Waals surface area contributed by atoms with E-state index in [4.69, 9.17) is 4.74 Å². The van der Waals surface area contributed by atoms with Crippen LogP contribution in [0.15, 0.2) is 36.4 Å². The van der Waals surface area contributed by atoms with Gasteiger partial charge in [0.15, 0.2) is 0 Å². The molecule has 0 heterocycles. The molecule has 0 aliphatic carbocycles. The molecular weight excluding hydrogens is 250 g/mol. The fraction of sp³-hybridized carbons (Fsp3) is 0.294. The number of aromatic hydroxyl groups is 1. The Bertz CT molecular complexity index is 594. The molecule has 20 heavy (non-hydrogen) atoms. The molecule has 3 nitrogen and oxygen atoms in total. The number of hydrogen-bond donors (Lipinski definition) is 2. The van der Waals surface area contributed by atoms with Crippen molar-refractivity contribution in [1.29, 1.82) is 0 Å². The third-order valence-corrected chi connectivity index (χ3v) is 3.42. The number of phenols is 1. The maximum Gasteiger partial charge on any atom is 0.123 e. The van der Waals surface area contributed by atoms with E-state index in [-0.39, 0.29) is 0 Å². The minimum Gasteiger partial charge on any atom is -0.507 e. The quantitative estimate of drug-likeness (QED) is 0.870. The molecule has 2 aromatic rings. The molecule has 0 aliphatic heterocycles. The predicted molar refractivity (Wildman–Crippen MR) is 82.1 cm³/mol. The lowest BCUT2D eigenvalue weighted by Gasteiger charge is -2.13. The molecule has 0 radical (unpaired) electrons. The summed E-state index contributed by atoms with van der Waals surface area (Å²) < 4.78 is 5.14. The van der Waals surface area contributed by atoms with Crippen molar-refractivity contribution in [3.63, 3.8) is 0 Å². The lowest BCUT2D eigenvalue weighted by Crippen LogP contribution is -2.02. The highest BCUT2D eigenvalue weighted by Crippen LogP contribution is 2.28. The smallest absolute Gasteiger partial charge is 0.123 e. The summed E-state index contributed by atoms with van der Waals surface area (Å²) in [4.78, 5) is 0. The van der Waals surface area contributed by atoms with Crippen molar-refractivity contribution in [2.45, 2.75) is 27.0 Å². The van der Waals surface area contributed by atoms with Gasteiger partial charge in [-0.05, 0) is 36.6 Å². The molecular formula is C17H21NO2. The van der Waals surface area contributed by atoms with Gasteiger partial charge in [0.25, 0.3) is 0 Å². The second kappa shape index (κ2) is 6.44. The molecule has 0 saturated heterocycles. The van der Waals surface area contributed by atoms with Gasteiger partial charge in [-0.1, -0.05) is 30.3 Å². The van der Waals surface area contributed by atoms with Crippen molar-refractivity contribution < 1.29 is 9.84 Å². The molecule has 106 valence electrons. The van der Waals surface area contributed by atoms with Crippen LogP contribution in [0.5, 0.6) is 5.75 Å². The number of nitrogens with one attached hydrogen (secondary N) is 1. The highest BCUT2D eigenvalue weighted by molar-refractivity contribution is 5.59. The third kappa shape index (κ3) is 3.31. The minimum absolute atomic E-state index is 0.364. The first-order chi connectivity index (χ1) is 9.61. The number of rotatable bonds is 5. The van der Waals surface area contributed by atoms with Crippen LogP contribution in [0, 0.1) is 13.8 Å². The zero-order chi connectivity index (χ0) is 14.5. The Morgan fingerprint density at radius 2 is 1.85 bits per heavy atom. The van der Waals surface area contributed by atoms with Crippen LogP contribution in [-0.4, -0.2) is 12.2 Å². The Morgan fingerprint density at radius 1 is 1.10 bits per heavy atom. The maximum atomic E-state index is 9.94. The molecule has 3 heteroatoms. The van der Waals surface area contributed by atoms with Crippen LogP contribution in [-0.2, 0) is 17.9 Å². The molecule has 0 spiro atoms. The van der Waals surface area contributed by atoms with Crippen LogP contribution in [0.25, 0.3) is 0 Å². The average Bonchev–Trinajstić information content (AvgIpc) is 2.45. The second-order valence-corrected chi connectivity index (χ2v) is 5.01. The van der Waals surface area contributed by atoms with Crippen molar-refractivity contribution in [3.05, 3.63) is 58.7 Å². The molecule has 0 unspecified atom stereocenters. The summed E-state index contributed by atoms with van der Waals surface area (Å²) in [5, 5.41) is 13.3. The number of hydrogen-bond acceptors (Lipinski definition) is 3. The van der Waals surface area contributed by atoms with E-state index in [1.54, 1.807) is 7.11 Å². The van der Waals surface area contributed by atoms with Gasteiger partial charge in [-0.3, -0.25) is 0 Å². The SMILES string of the molecule is COCc1cccc(CNc2ccc(C)c(O)c2C)c1. The van der Waals surface area contributed by atoms with Crippen LogP contribution in [0.1, 0.15) is 22.3 Å². The van der Waals surface area contributed by atoms with Crippen molar-refractivity contribution in [3.8, 4) is 5.75 Å². The van der Waals surface area contributed by atoms with Crippen molar-refractivity contribution in [2.75, 3.05) is 12.4 Å². The van der Waals surface area contributed by atoms with Gasteiger partial charge >= 0.3 is 0 Å². The number of anilines is 1. The summed E-state index contributed by atoms with van der Waals surface area (Å²) >= 11 is 0. The summed E-state index contributed by atoms with van der Waals surface area (Å²) in [5.74, 6) is 0.364. The fourth-order valence-corrected chi connectivity index (χ4v) is 2.22. The zero-order valence-electron chi connectivity index (χ0n) is 12.2. The van der Waals surface area contributed by atoms with Gasteiger partial charge in [-0.25, -0.2) is 0 Å². The van der Waals surface area contributed by atoms with Crippen LogP contribution in [0.2, 0.25) is 0 Å². The Morgan fingerprint density at radius 3 is 2.60 bits per heavy atom. The Hall–Kier alpha value is -2.00. The van der Waals surface area contributed by atoms with E-state index in [1.807, 2.05) is 32.0 Å². The normalized spacial score (nSPS) is 10.6. The molecule has 0 aromatic heterocycles. The van der Waals surface area contributed by atoms with E-state index in [0.29, 0.717) is 12.4 Å². The van der Waals surface area contributed by atoms with Gasteiger partial charge in [-0.2, -0.15) is 0 Å². The third-order valence-electron chi connectivity index (χ3n) is 3.42. The lowest BCUT2D eigenvalue weighted by molar-refractivity contribution is 0.185. The van der Waals surface area contributed by atoms with Gasteiger partial charge in [0.2, 0.25) is 0 Å². The van der Waals surface area contributed by atoms with Crippen LogP contribution in [0.3, 0.4) is 0 Å². The molecule has 0 fully saturated rings. The van der Waals surface area contributed by atoms with Crippen LogP contribution >= 0.6 is 0 Å². The maximum absolute atomic E-state index is 9.94. The Kier molecular flexibility index (Phi) is 4.64. The lowest BCUT2D eigenvalue weighted by atomic mass is 10.1. The van der Waals surface area contributed by atoms with E-state index in [0.717, 1.165) is 28.9 Å². The number of ether oxygens (including phenoxy) is 1. The van der Waals surface area contributed by atoms with E-state index in [2.05, 4.69) is 23.5 Å². The summed E-state index contributed by atoms with van der Waals surface area (Å²) in [7, 11) is 1.70. The largest absolute Gasteiger partial charge is 0.507 e. The average molecular weight is 271 g/mol. The molecule has 0 amide bonds. The highest BCUT2D eigenvalue weighted by atomic mass is 16.5. The molecule has 0 saturated carbocycles. The Balaban J connectivity index is 2.09. The molecule has 2 N–H and O–H groups in total. The van der Waals surface area contributed by atoms with Crippen molar-refractivity contribution >= 4 is 5.69 Å². The van der Waals surface area contributed by atoms with Gasteiger partial charge in [0, 0.05) is 24.9 Å². The van der Waals surface area contributed by atoms with Crippen LogP contribution < -0.4 is 5.32 Å². The number of aryl methyl sites for hydroxylation is 1. The van der Waals surface area contributed by atoms with Gasteiger partial charge in [-0.15, -0.1) is 0 Å². The standard InChI is InChI=1S/C17H21NO2/c1-12-7-8-16(13(2)17(12)19)18-10-14-5-4-6-15(9-14)11-20-3/h4-9,18-19H,10-11H2,1-3H3. The topological polar surface area (TPSA) is 41.5 Å². The number of benzene rings is 2. The summed E-state index contributed by atoms with van der Waals surface area (Å²) in [5.41, 5.74) is 5.10. The fourth-order valence-electron chi connectivity index (χ4n) is 2.22. The summed E-state index contributed by atoms with van der Waals surface area (Å²) in [6.07, 6.45) is 0. The van der Waals surface area contributed by atoms with Gasteiger partial charge in [0.05, 0.1) is 6.61 Å². The van der Waals surface area contributed by atoms with Crippen molar-refractivity contribution in [2.24, 2.45) is 0 Å². The van der Waals surface area contributed by atoms with Gasteiger partial charge in [0.1, 0.15) is 5.75 Å². The number of methoxy groups -OCH3 is 1.